The average molecular weight is 266 g/mol. The van der Waals surface area contributed by atoms with Gasteiger partial charge in [-0.1, -0.05) is 51.9 Å². The lowest BCUT2D eigenvalue weighted by molar-refractivity contribution is 0.581. The minimum absolute atomic E-state index is 0.243. The largest absolute Gasteiger partial charge is 0.397 e. The summed E-state index contributed by atoms with van der Waals surface area (Å²) < 4.78 is 13.0. The van der Waals surface area contributed by atoms with E-state index in [1.165, 1.54) is 57.1 Å². The van der Waals surface area contributed by atoms with Gasteiger partial charge in [-0.25, -0.2) is 4.39 Å². The van der Waals surface area contributed by atoms with Crippen LogP contribution in [0.15, 0.2) is 18.2 Å². The number of unbranched alkanes of at least 4 members (excludes halogenated alkanes) is 7. The van der Waals surface area contributed by atoms with Crippen molar-refractivity contribution in [1.29, 1.82) is 0 Å². The number of nitrogen functional groups attached to an aromatic ring is 1. The van der Waals surface area contributed by atoms with Crippen LogP contribution in [0.1, 0.15) is 58.3 Å². The summed E-state index contributed by atoms with van der Waals surface area (Å²) >= 11 is 0. The molecule has 2 nitrogen and oxygen atoms in total. The normalized spacial score (nSPS) is 10.6. The summed E-state index contributed by atoms with van der Waals surface area (Å²) in [5.41, 5.74) is 7.09. The molecule has 3 N–H and O–H groups in total. The molecule has 1 aromatic rings. The van der Waals surface area contributed by atoms with Crippen molar-refractivity contribution in [2.24, 2.45) is 0 Å². The van der Waals surface area contributed by atoms with Crippen molar-refractivity contribution in [3.63, 3.8) is 0 Å². The Morgan fingerprint density at radius 2 is 1.63 bits per heavy atom. The summed E-state index contributed by atoms with van der Waals surface area (Å²) in [6.45, 7) is 3.10. The molecule has 0 aliphatic rings. The van der Waals surface area contributed by atoms with E-state index in [1.54, 1.807) is 6.07 Å². The van der Waals surface area contributed by atoms with Gasteiger partial charge in [0.2, 0.25) is 0 Å². The maximum Gasteiger partial charge on any atom is 0.125 e. The zero-order chi connectivity index (χ0) is 13.9. The average Bonchev–Trinajstić information content (AvgIpc) is 2.40. The Morgan fingerprint density at radius 1 is 1.00 bits per heavy atom. The smallest absolute Gasteiger partial charge is 0.125 e. The Labute approximate surface area is 116 Å². The molecule has 19 heavy (non-hydrogen) atoms. The van der Waals surface area contributed by atoms with Gasteiger partial charge in [0, 0.05) is 6.54 Å². The van der Waals surface area contributed by atoms with Crippen molar-refractivity contribution < 1.29 is 4.39 Å². The van der Waals surface area contributed by atoms with Crippen LogP contribution < -0.4 is 11.1 Å². The van der Waals surface area contributed by atoms with Gasteiger partial charge >= 0.3 is 0 Å². The fourth-order valence-electron chi connectivity index (χ4n) is 2.16. The zero-order valence-corrected chi connectivity index (χ0v) is 12.1. The molecular formula is C16H27FN2. The molecule has 0 unspecified atom stereocenters. The van der Waals surface area contributed by atoms with Gasteiger partial charge in [0.05, 0.1) is 11.4 Å². The summed E-state index contributed by atoms with van der Waals surface area (Å²) in [5, 5.41) is 3.20. The van der Waals surface area contributed by atoms with Gasteiger partial charge < -0.3 is 11.1 Å². The number of nitrogens with two attached hydrogens (primary N) is 1. The monoisotopic (exact) mass is 266 g/mol. The van der Waals surface area contributed by atoms with Crippen LogP contribution >= 0.6 is 0 Å². The number of hydrogen-bond donors (Lipinski definition) is 2. The lowest BCUT2D eigenvalue weighted by Gasteiger charge is -2.09. The Hall–Kier alpha value is -1.25. The molecule has 0 aliphatic heterocycles. The lowest BCUT2D eigenvalue weighted by Crippen LogP contribution is -2.04. The van der Waals surface area contributed by atoms with E-state index in [0.717, 1.165) is 13.0 Å². The van der Waals surface area contributed by atoms with Crippen molar-refractivity contribution >= 4 is 11.4 Å². The van der Waals surface area contributed by atoms with Crippen LogP contribution in [0, 0.1) is 5.82 Å². The van der Waals surface area contributed by atoms with E-state index in [9.17, 15) is 4.39 Å². The van der Waals surface area contributed by atoms with Crippen LogP contribution in [0.4, 0.5) is 15.8 Å². The van der Waals surface area contributed by atoms with E-state index in [4.69, 9.17) is 5.73 Å². The van der Waals surface area contributed by atoms with Gasteiger partial charge in [-0.15, -0.1) is 0 Å². The molecule has 0 radical (unpaired) electrons. The second kappa shape index (κ2) is 9.65. The van der Waals surface area contributed by atoms with E-state index < -0.39 is 0 Å². The van der Waals surface area contributed by atoms with Gasteiger partial charge in [0.1, 0.15) is 5.82 Å². The number of hydrogen-bond acceptors (Lipinski definition) is 2. The summed E-state index contributed by atoms with van der Waals surface area (Å²) in [6.07, 6.45) is 10.4. The SMILES string of the molecule is CCCCCCCCCCNc1cc(F)ccc1N. The van der Waals surface area contributed by atoms with Gasteiger partial charge in [-0.05, 0) is 24.6 Å². The first-order chi connectivity index (χ1) is 9.24. The van der Waals surface area contributed by atoms with E-state index in [-0.39, 0.29) is 5.82 Å². The highest BCUT2D eigenvalue weighted by molar-refractivity contribution is 5.65. The van der Waals surface area contributed by atoms with Crippen LogP contribution in [0.25, 0.3) is 0 Å². The number of rotatable bonds is 10. The maximum absolute atomic E-state index is 13.0. The quantitative estimate of drug-likeness (QED) is 0.464. The van der Waals surface area contributed by atoms with E-state index in [0.29, 0.717) is 11.4 Å². The van der Waals surface area contributed by atoms with Crippen LogP contribution in [-0.4, -0.2) is 6.54 Å². The molecule has 1 aromatic carbocycles. The third kappa shape index (κ3) is 7.04. The van der Waals surface area contributed by atoms with Crippen LogP contribution in [0.3, 0.4) is 0 Å². The van der Waals surface area contributed by atoms with Gasteiger partial charge in [0.25, 0.3) is 0 Å². The highest BCUT2D eigenvalue weighted by Gasteiger charge is 2.00. The first-order valence-electron chi connectivity index (χ1n) is 7.53. The molecule has 0 saturated carbocycles. The Balaban J connectivity index is 2.03. The molecule has 0 atom stereocenters. The molecule has 0 bridgehead atoms. The van der Waals surface area contributed by atoms with E-state index >= 15 is 0 Å². The zero-order valence-electron chi connectivity index (χ0n) is 12.1. The molecule has 0 heterocycles. The van der Waals surface area contributed by atoms with E-state index in [1.807, 2.05) is 0 Å². The molecule has 0 saturated heterocycles. The summed E-state index contributed by atoms with van der Waals surface area (Å²) in [5.74, 6) is -0.243. The minimum atomic E-state index is -0.243. The van der Waals surface area contributed by atoms with Crippen LogP contribution in [0.5, 0.6) is 0 Å². The number of nitrogens with one attached hydrogen (secondary N) is 1. The van der Waals surface area contributed by atoms with Crippen molar-refractivity contribution in [2.75, 3.05) is 17.6 Å². The third-order valence-corrected chi connectivity index (χ3v) is 3.36. The molecule has 0 aliphatic carbocycles. The number of halogens is 1. The summed E-state index contributed by atoms with van der Waals surface area (Å²) in [7, 11) is 0. The molecule has 0 spiro atoms. The van der Waals surface area contributed by atoms with Crippen molar-refractivity contribution in [3.05, 3.63) is 24.0 Å². The van der Waals surface area contributed by atoms with Crippen molar-refractivity contribution in [3.8, 4) is 0 Å². The van der Waals surface area contributed by atoms with Gasteiger partial charge in [-0.3, -0.25) is 0 Å². The second-order valence-corrected chi connectivity index (χ2v) is 5.13. The Kier molecular flexibility index (Phi) is 8.03. The highest BCUT2D eigenvalue weighted by Crippen LogP contribution is 2.19. The van der Waals surface area contributed by atoms with Gasteiger partial charge in [0.15, 0.2) is 0 Å². The molecule has 0 fully saturated rings. The minimum Gasteiger partial charge on any atom is -0.397 e. The molecule has 0 amide bonds. The predicted octanol–water partition coefficient (Wildman–Crippen LogP) is 4.96. The van der Waals surface area contributed by atoms with Crippen molar-refractivity contribution in [2.45, 2.75) is 58.3 Å². The van der Waals surface area contributed by atoms with Crippen LogP contribution in [-0.2, 0) is 0 Å². The maximum atomic E-state index is 13.0. The Bertz CT molecular complexity index is 353. The topological polar surface area (TPSA) is 38.0 Å². The fraction of sp³-hybridized carbons (Fsp3) is 0.625. The second-order valence-electron chi connectivity index (χ2n) is 5.13. The van der Waals surface area contributed by atoms with Crippen LogP contribution in [0.2, 0.25) is 0 Å². The standard InChI is InChI=1S/C16H27FN2/c1-2-3-4-5-6-7-8-9-12-19-16-13-14(17)10-11-15(16)18/h10-11,13,19H,2-9,12,18H2,1H3. The first-order valence-corrected chi connectivity index (χ1v) is 7.53. The lowest BCUT2D eigenvalue weighted by atomic mass is 10.1. The predicted molar refractivity (Wildman–Crippen MR) is 81.9 cm³/mol. The molecule has 108 valence electrons. The molecule has 3 heteroatoms. The molecule has 1 rings (SSSR count). The molecule has 0 aromatic heterocycles. The number of benzene rings is 1. The van der Waals surface area contributed by atoms with Crippen molar-refractivity contribution in [1.82, 2.24) is 0 Å². The Morgan fingerprint density at radius 3 is 2.32 bits per heavy atom. The van der Waals surface area contributed by atoms with Gasteiger partial charge in [-0.2, -0.15) is 0 Å². The van der Waals surface area contributed by atoms with E-state index in [2.05, 4.69) is 12.2 Å². The molecular weight excluding hydrogens is 239 g/mol. The fourth-order valence-corrected chi connectivity index (χ4v) is 2.16. The summed E-state index contributed by atoms with van der Waals surface area (Å²) in [4.78, 5) is 0. The third-order valence-electron chi connectivity index (χ3n) is 3.36. The highest BCUT2D eigenvalue weighted by atomic mass is 19.1. The number of anilines is 2. The summed E-state index contributed by atoms with van der Waals surface area (Å²) in [6, 6.07) is 4.45. The first kappa shape index (κ1) is 15.8.